The van der Waals surface area contributed by atoms with Gasteiger partial charge in [-0.05, 0) is 146 Å². The molecule has 2 heterocycles. The minimum Gasteiger partial charge on any atom is -0.394 e. The summed E-state index contributed by atoms with van der Waals surface area (Å²) < 4.78 is 0. The normalized spacial score (nSPS) is 14.9. The summed E-state index contributed by atoms with van der Waals surface area (Å²) in [6.07, 6.45) is 1.56. The molecule has 16 N–H and O–H groups in total. The number of carbonyl (C=O) groups is 14. The Morgan fingerprint density at radius 3 is 1.55 bits per heavy atom. The quantitative estimate of drug-likeness (QED) is 0.0194. The molecule has 32 heteroatoms. The van der Waals surface area contributed by atoms with Gasteiger partial charge in [-0.3, -0.25) is 72.1 Å². The first-order chi connectivity index (χ1) is 53.3. The molecule has 0 spiro atoms. The second-order valence-corrected chi connectivity index (χ2v) is 28.8. The van der Waals surface area contributed by atoms with E-state index >= 15 is 9.59 Å². The van der Waals surface area contributed by atoms with Crippen LogP contribution < -0.4 is 74.9 Å². The second kappa shape index (κ2) is 43.0. The van der Waals surface area contributed by atoms with E-state index in [1.165, 1.54) is 93.5 Å². The molecule has 1 aliphatic heterocycles. The van der Waals surface area contributed by atoms with Gasteiger partial charge < -0.3 is 84.9 Å². The van der Waals surface area contributed by atoms with Crippen molar-refractivity contribution in [1.29, 1.82) is 0 Å². The zero-order chi connectivity index (χ0) is 81.7. The summed E-state index contributed by atoms with van der Waals surface area (Å²) >= 11 is 6.26. The number of likely N-dealkylation sites (tertiary alicyclic amines) is 1. The fourth-order valence-electron chi connectivity index (χ4n) is 12.5. The summed E-state index contributed by atoms with van der Waals surface area (Å²) in [5.41, 5.74) is 7.96. The Labute approximate surface area is 654 Å². The monoisotopic (exact) mass is 1560 g/mol. The van der Waals surface area contributed by atoms with Crippen molar-refractivity contribution in [3.8, 4) is 0 Å². The molecular weight excluding hydrogens is 1460 g/mol. The lowest BCUT2D eigenvalue weighted by molar-refractivity contribution is -0.142. The lowest BCUT2D eigenvalue weighted by Crippen LogP contribution is -2.64. The molecule has 0 unspecified atom stereocenters. The average Bonchev–Trinajstić information content (AvgIpc) is 1.60. The van der Waals surface area contributed by atoms with Crippen LogP contribution in [0.2, 0.25) is 5.02 Å². The summed E-state index contributed by atoms with van der Waals surface area (Å²) in [5, 5.41) is 48.0. The topological polar surface area (TPSA) is 458 Å². The number of nitrogens with zero attached hydrogens (tertiary/aromatic N) is 2. The van der Waals surface area contributed by atoms with E-state index in [4.69, 9.17) is 17.3 Å². The molecule has 7 rings (SSSR count). The van der Waals surface area contributed by atoms with Gasteiger partial charge in [-0.15, -0.1) is 0 Å². The van der Waals surface area contributed by atoms with E-state index in [0.717, 1.165) is 10.8 Å². The van der Waals surface area contributed by atoms with Gasteiger partial charge in [0.25, 0.3) is 11.8 Å². The molecule has 0 bridgehead atoms. The third-order valence-electron chi connectivity index (χ3n) is 18.2. The van der Waals surface area contributed by atoms with Gasteiger partial charge >= 0.3 is 0 Å². The highest BCUT2D eigenvalue weighted by Gasteiger charge is 2.41. The standard InChI is InChI=1S/C80H101ClN16O15/c1-45(2)37-62(72(104)89-61(18-11-12-35-84-46(3)4)80(112)97-36-14-19-68(97)78(110)85-47(5)69(82)102)93-79(111)70(95-71(103)56-26-32-60(33-27-56)87-49(7)100)96-76(108)65(40-52-23-30-59(31-24-52)86-48(6)99)92-77(109)67(44-98)94-75(107)66(42-54-15-13-34-83-43-54)91-74(106)64(39-51-21-28-58(81)29-22-51)90-73(105)63(88-50(8)101)41-53-20-25-55-16-9-10-17-57(55)38-53/h9-10,13,15-17,20-34,38,43,45-47,61-68,70,84,98H,11-12,14,18-19,35-37,39-42,44H2,1-8H3,(H2,82,102)(H,85,110)(H,86,99)(H,87,100)(H,88,101)(H,89,104)(H,90,105)(H,91,106)(H,92,109)(H,93,111)(H,94,107)(H,95,103)(H,96,108)/t47-,61+,62+,63-,64-,65+,66-,67+,68-,70-/m1/s1. The molecule has 112 heavy (non-hydrogen) atoms. The van der Waals surface area contributed by atoms with Crippen LogP contribution in [0, 0.1) is 5.92 Å². The number of fused-ring (bicyclic) bond motifs is 1. The maximum atomic E-state index is 15.3. The Balaban J connectivity index is 1.19. The summed E-state index contributed by atoms with van der Waals surface area (Å²) in [4.78, 5) is 201. The first-order valence-electron chi connectivity index (χ1n) is 37.1. The zero-order valence-electron chi connectivity index (χ0n) is 63.9. The maximum Gasteiger partial charge on any atom is 0.264 e. The third-order valence-corrected chi connectivity index (χ3v) is 18.5. The largest absolute Gasteiger partial charge is 0.394 e. The number of carbonyl (C=O) groups excluding carboxylic acids is 14. The van der Waals surface area contributed by atoms with Gasteiger partial charge in [-0.25, -0.2) is 0 Å². The van der Waals surface area contributed by atoms with Gasteiger partial charge in [0.2, 0.25) is 70.9 Å². The van der Waals surface area contributed by atoms with Crippen molar-refractivity contribution < 1.29 is 72.2 Å². The number of hydrogen-bond acceptors (Lipinski definition) is 17. The van der Waals surface area contributed by atoms with Crippen molar-refractivity contribution in [2.75, 3.05) is 30.3 Å². The fourth-order valence-corrected chi connectivity index (χ4v) is 12.6. The molecule has 0 aliphatic carbocycles. The van der Waals surface area contributed by atoms with Crippen molar-refractivity contribution in [2.45, 2.75) is 186 Å². The predicted molar refractivity (Wildman–Crippen MR) is 420 cm³/mol. The molecule has 14 amide bonds. The lowest BCUT2D eigenvalue weighted by atomic mass is 9.99. The minimum absolute atomic E-state index is 0.0117. The van der Waals surface area contributed by atoms with Gasteiger partial charge in [0.15, 0.2) is 6.17 Å². The van der Waals surface area contributed by atoms with Crippen molar-refractivity contribution in [2.24, 2.45) is 11.7 Å². The number of primary amides is 1. The first kappa shape index (κ1) is 87.5. The van der Waals surface area contributed by atoms with E-state index in [9.17, 15) is 62.6 Å². The van der Waals surface area contributed by atoms with Crippen LogP contribution in [0.4, 0.5) is 11.4 Å². The summed E-state index contributed by atoms with van der Waals surface area (Å²) in [6, 6.07) is 21.6. The fraction of sp³-hybridized carbons (Fsp3) is 0.412. The van der Waals surface area contributed by atoms with Gasteiger partial charge in [0.05, 0.1) is 6.61 Å². The summed E-state index contributed by atoms with van der Waals surface area (Å²) in [7, 11) is 0. The third kappa shape index (κ3) is 28.0. The molecule has 1 aliphatic rings. The number of nitrogens with one attached hydrogen (secondary N) is 13. The Hall–Kier alpha value is -11.7. The molecule has 6 aromatic rings. The van der Waals surface area contributed by atoms with E-state index < -0.39 is 156 Å². The number of aromatic nitrogens is 1. The summed E-state index contributed by atoms with van der Waals surface area (Å²) in [6.45, 7) is 12.2. The molecule has 1 aromatic heterocycles. The Morgan fingerprint density at radius 2 is 1.01 bits per heavy atom. The number of aliphatic hydroxyl groups is 1. The van der Waals surface area contributed by atoms with Crippen molar-refractivity contribution in [1.82, 2.24) is 68.4 Å². The van der Waals surface area contributed by atoms with Crippen LogP contribution in [0.3, 0.4) is 0 Å². The molecular formula is C80H101ClN16O15. The highest BCUT2D eigenvalue weighted by atomic mass is 35.5. The number of benzene rings is 5. The highest BCUT2D eigenvalue weighted by molar-refractivity contribution is 6.30. The van der Waals surface area contributed by atoms with E-state index in [1.54, 1.807) is 50.2 Å². The highest BCUT2D eigenvalue weighted by Crippen LogP contribution is 2.23. The number of rotatable bonds is 40. The van der Waals surface area contributed by atoms with Crippen molar-refractivity contribution in [3.05, 3.63) is 173 Å². The molecule has 31 nitrogen and oxygen atoms in total. The molecule has 0 saturated carbocycles. The smallest absolute Gasteiger partial charge is 0.264 e. The van der Waals surface area contributed by atoms with Gasteiger partial charge in [0.1, 0.15) is 54.4 Å². The Bertz CT molecular complexity index is 4310. The Morgan fingerprint density at radius 1 is 0.509 bits per heavy atom. The zero-order valence-corrected chi connectivity index (χ0v) is 64.7. The van der Waals surface area contributed by atoms with Crippen LogP contribution in [0.1, 0.15) is 127 Å². The Kier molecular flexibility index (Phi) is 33.6. The second-order valence-electron chi connectivity index (χ2n) is 28.4. The number of nitrogens with two attached hydrogens (primary N) is 1. The lowest BCUT2D eigenvalue weighted by Gasteiger charge is -2.31. The number of pyridine rings is 1. The van der Waals surface area contributed by atoms with E-state index in [2.05, 4.69) is 74.1 Å². The molecule has 0 radical (unpaired) electrons. The average molecular weight is 1560 g/mol. The van der Waals surface area contributed by atoms with Gasteiger partial charge in [0, 0.05) is 93.4 Å². The molecule has 10 atom stereocenters. The number of aliphatic hydroxyl groups excluding tert-OH is 1. The minimum atomic E-state index is -2.11. The number of unbranched alkanes of at least 4 members (excludes halogenated alkanes) is 1. The maximum absolute atomic E-state index is 15.3. The van der Waals surface area contributed by atoms with E-state index in [-0.39, 0.29) is 62.6 Å². The number of amides is 14. The predicted octanol–water partition coefficient (Wildman–Crippen LogP) is 2.55. The molecule has 1 saturated heterocycles. The number of halogens is 1. The van der Waals surface area contributed by atoms with Crippen LogP contribution in [-0.4, -0.2) is 184 Å². The van der Waals surface area contributed by atoms with Crippen LogP contribution in [0.15, 0.2) is 140 Å². The van der Waals surface area contributed by atoms with Crippen molar-refractivity contribution >= 4 is 116 Å². The van der Waals surface area contributed by atoms with Crippen LogP contribution in [0.25, 0.3) is 10.8 Å². The van der Waals surface area contributed by atoms with Crippen LogP contribution >= 0.6 is 11.6 Å². The molecule has 5 aromatic carbocycles. The van der Waals surface area contributed by atoms with Crippen LogP contribution in [0.5, 0.6) is 0 Å². The molecule has 598 valence electrons. The SMILES string of the molecule is CC(=O)Nc1ccc(C[C@H](NC(=O)[C@H](CO)NC(=O)[C@@H](Cc2cccnc2)NC(=O)[C@@H](Cc2ccc(Cl)cc2)NC(=O)[C@@H](Cc2ccc3ccccc3c2)NC(C)=O)C(=O)N[C@@H](NC(=O)c2ccc(NC(C)=O)cc2)C(=O)N[C@@H](CC(C)C)C(=O)N[C@@H](CCCCNC(C)C)C(=O)N2CCC[C@@H]2C(=O)N[C@H](C)C(N)=O)cc1. The van der Waals surface area contributed by atoms with Crippen molar-refractivity contribution in [3.63, 3.8) is 0 Å². The van der Waals surface area contributed by atoms with Gasteiger partial charge in [-0.1, -0.05) is 112 Å². The molecule has 1 fully saturated rings. The first-order valence-corrected chi connectivity index (χ1v) is 37.5. The van der Waals surface area contributed by atoms with E-state index in [0.29, 0.717) is 64.5 Å². The van der Waals surface area contributed by atoms with E-state index in [1.807, 2.05) is 56.3 Å². The summed E-state index contributed by atoms with van der Waals surface area (Å²) in [5.74, 6) is -11.8. The van der Waals surface area contributed by atoms with Gasteiger partial charge in [-0.2, -0.15) is 0 Å². The number of anilines is 2. The number of hydrogen-bond donors (Lipinski definition) is 15. The van der Waals surface area contributed by atoms with Crippen LogP contribution in [-0.2, 0) is 88.0 Å².